The number of aliphatic hydroxyl groups excluding tert-OH is 1. The van der Waals surface area contributed by atoms with Crippen LogP contribution in [0.5, 0.6) is 0 Å². The lowest BCUT2D eigenvalue weighted by Gasteiger charge is -2.36. The maximum absolute atomic E-state index is 12.6. The Bertz CT molecular complexity index is 761. The summed E-state index contributed by atoms with van der Waals surface area (Å²) in [7, 11) is 1.46. The number of aliphatic hydroxyl groups is 1. The van der Waals surface area contributed by atoms with Crippen LogP contribution in [0, 0.1) is 5.92 Å². The summed E-state index contributed by atoms with van der Waals surface area (Å²) in [6.45, 7) is 7.46. The molecule has 4 aliphatic rings. The highest BCUT2D eigenvalue weighted by Gasteiger charge is 2.49. The molecule has 3 heterocycles. The molecule has 0 amide bonds. The molecule has 0 aromatic heterocycles. The highest BCUT2D eigenvalue weighted by molar-refractivity contribution is 5.92. The molecule has 0 radical (unpaired) electrons. The first-order valence-electron chi connectivity index (χ1n) is 9.33. The summed E-state index contributed by atoms with van der Waals surface area (Å²) in [6.07, 6.45) is 3.05. The second-order valence-electron chi connectivity index (χ2n) is 7.15. The van der Waals surface area contributed by atoms with E-state index in [2.05, 4.69) is 6.58 Å². The Morgan fingerprint density at radius 3 is 2.86 bits per heavy atom. The fourth-order valence-electron chi connectivity index (χ4n) is 3.75. The van der Waals surface area contributed by atoms with Gasteiger partial charge in [0.05, 0.1) is 12.5 Å². The van der Waals surface area contributed by atoms with Crippen LogP contribution in [0.25, 0.3) is 0 Å². The number of carbonyl (C=O) groups is 2. The number of allylic oxidation sites excluding steroid dienone is 2. The van der Waals surface area contributed by atoms with Crippen molar-refractivity contribution in [3.8, 4) is 0 Å². The minimum Gasteiger partial charge on any atom is -0.455 e. The van der Waals surface area contributed by atoms with Crippen LogP contribution < -0.4 is 0 Å². The van der Waals surface area contributed by atoms with E-state index in [0.29, 0.717) is 24.0 Å². The number of carbonyl (C=O) groups excluding carboxylic acids is 2. The summed E-state index contributed by atoms with van der Waals surface area (Å²) < 4.78 is 22.5. The number of methoxy groups -OCH3 is 1. The third kappa shape index (κ3) is 3.83. The lowest BCUT2D eigenvalue weighted by atomic mass is 9.82. The normalized spacial score (nSPS) is 35.3. The summed E-state index contributed by atoms with van der Waals surface area (Å²) in [5.74, 6) is -1.70. The zero-order chi connectivity index (χ0) is 20.4. The molecule has 28 heavy (non-hydrogen) atoms. The van der Waals surface area contributed by atoms with Gasteiger partial charge >= 0.3 is 11.9 Å². The maximum atomic E-state index is 12.6. The van der Waals surface area contributed by atoms with Crippen molar-refractivity contribution in [3.63, 3.8) is 0 Å². The highest BCUT2D eigenvalue weighted by Crippen LogP contribution is 2.39. The standard InChI is InChI=1S/C21H26O7/c1-5-11(2)19(22)28-18-16-12(3)20(23)27-15(16)9-13-7-6-8-14(17(18)25-4)21(24)26-10-13/h5,8-9,15-18,21,24H,3,6-7,10H2,1-2,4H3/b11-5-,13-9+,14-8?/t15-,16+,17+,18+,21-/m1/s1. The average Bonchev–Trinajstić information content (AvgIpc) is 2.95. The Balaban J connectivity index is 2.12. The van der Waals surface area contributed by atoms with Gasteiger partial charge in [-0.1, -0.05) is 18.7 Å². The monoisotopic (exact) mass is 390 g/mol. The zero-order valence-corrected chi connectivity index (χ0v) is 16.3. The molecule has 2 bridgehead atoms. The van der Waals surface area contributed by atoms with Gasteiger partial charge in [0.25, 0.3) is 0 Å². The topological polar surface area (TPSA) is 91.3 Å². The van der Waals surface area contributed by atoms with E-state index in [9.17, 15) is 14.7 Å². The number of hydrogen-bond acceptors (Lipinski definition) is 7. The molecule has 0 spiro atoms. The molecule has 0 unspecified atom stereocenters. The Hall–Kier alpha value is -2.22. The second kappa shape index (κ2) is 8.43. The van der Waals surface area contributed by atoms with Crippen LogP contribution in [0.15, 0.2) is 47.1 Å². The molecular weight excluding hydrogens is 364 g/mol. The third-order valence-corrected chi connectivity index (χ3v) is 5.45. The van der Waals surface area contributed by atoms with Crippen LogP contribution >= 0.6 is 0 Å². The van der Waals surface area contributed by atoms with E-state index in [1.54, 1.807) is 19.9 Å². The first-order chi connectivity index (χ1) is 13.4. The molecule has 1 fully saturated rings. The van der Waals surface area contributed by atoms with Crippen molar-refractivity contribution in [3.05, 3.63) is 47.1 Å². The molecule has 1 saturated heterocycles. The molecule has 1 aliphatic carbocycles. The van der Waals surface area contributed by atoms with E-state index < -0.39 is 42.5 Å². The highest BCUT2D eigenvalue weighted by atomic mass is 16.6. The molecule has 0 aromatic carbocycles. The maximum Gasteiger partial charge on any atom is 0.334 e. The van der Waals surface area contributed by atoms with Crippen molar-refractivity contribution < 1.29 is 33.6 Å². The predicted octanol–water partition coefficient (Wildman–Crippen LogP) is 1.97. The van der Waals surface area contributed by atoms with E-state index in [1.807, 2.05) is 12.2 Å². The van der Waals surface area contributed by atoms with Crippen molar-refractivity contribution in [2.45, 2.75) is 51.3 Å². The first-order valence-corrected chi connectivity index (χ1v) is 9.33. The van der Waals surface area contributed by atoms with E-state index in [4.69, 9.17) is 18.9 Å². The molecule has 5 atom stereocenters. The number of fused-ring (bicyclic) bond motifs is 5. The fraction of sp³-hybridized carbons (Fsp3) is 0.524. The predicted molar refractivity (Wildman–Crippen MR) is 100.0 cm³/mol. The van der Waals surface area contributed by atoms with Crippen LogP contribution in [0.4, 0.5) is 0 Å². The smallest absolute Gasteiger partial charge is 0.334 e. The quantitative estimate of drug-likeness (QED) is 0.447. The van der Waals surface area contributed by atoms with E-state index >= 15 is 0 Å². The van der Waals surface area contributed by atoms with Gasteiger partial charge in [-0.15, -0.1) is 0 Å². The summed E-state index contributed by atoms with van der Waals surface area (Å²) >= 11 is 0. The molecule has 3 aliphatic heterocycles. The zero-order valence-electron chi connectivity index (χ0n) is 16.3. The van der Waals surface area contributed by atoms with Crippen LogP contribution in [0.2, 0.25) is 0 Å². The molecule has 1 N–H and O–H groups in total. The van der Waals surface area contributed by atoms with E-state index in [1.165, 1.54) is 7.11 Å². The van der Waals surface area contributed by atoms with Gasteiger partial charge in [0.1, 0.15) is 18.3 Å². The van der Waals surface area contributed by atoms with Gasteiger partial charge in [0.15, 0.2) is 6.29 Å². The number of rotatable bonds is 3. The van der Waals surface area contributed by atoms with Crippen molar-refractivity contribution in [2.24, 2.45) is 5.92 Å². The van der Waals surface area contributed by atoms with Gasteiger partial charge in [-0.05, 0) is 38.3 Å². The number of ether oxygens (including phenoxy) is 4. The molecule has 152 valence electrons. The molecular formula is C21H26O7. The van der Waals surface area contributed by atoms with Gasteiger partial charge in [0, 0.05) is 23.8 Å². The summed E-state index contributed by atoms with van der Waals surface area (Å²) in [5.41, 5.74) is 2.00. The summed E-state index contributed by atoms with van der Waals surface area (Å²) in [5, 5.41) is 10.5. The Morgan fingerprint density at radius 2 is 2.18 bits per heavy atom. The minimum absolute atomic E-state index is 0.213. The van der Waals surface area contributed by atoms with Crippen molar-refractivity contribution in [2.75, 3.05) is 13.7 Å². The number of esters is 2. The summed E-state index contributed by atoms with van der Waals surface area (Å²) in [4.78, 5) is 24.8. The minimum atomic E-state index is -1.21. The molecule has 4 rings (SSSR count). The lowest BCUT2D eigenvalue weighted by molar-refractivity contribution is -0.158. The average molecular weight is 390 g/mol. The fourth-order valence-corrected chi connectivity index (χ4v) is 3.75. The Kier molecular flexibility index (Phi) is 6.17. The van der Waals surface area contributed by atoms with Gasteiger partial charge < -0.3 is 24.1 Å². The van der Waals surface area contributed by atoms with Crippen molar-refractivity contribution in [1.29, 1.82) is 0 Å². The number of hydrogen-bond donors (Lipinski definition) is 1. The van der Waals surface area contributed by atoms with Crippen LogP contribution in [0.3, 0.4) is 0 Å². The van der Waals surface area contributed by atoms with Crippen LogP contribution in [0.1, 0.15) is 26.7 Å². The SMILES string of the molecule is C=C1C(=O)O[C@@H]2/C=C3\CCC=C([C@H](O)OC3)[C@H](OC)[C@@H](OC(=O)/C(C)=C\C)[C@@H]12. The molecule has 0 aromatic rings. The second-order valence-corrected chi connectivity index (χ2v) is 7.15. The molecule has 7 nitrogen and oxygen atoms in total. The van der Waals surface area contributed by atoms with Gasteiger partial charge in [0.2, 0.25) is 0 Å². The van der Waals surface area contributed by atoms with Crippen LogP contribution in [-0.4, -0.2) is 55.4 Å². The van der Waals surface area contributed by atoms with E-state index in [0.717, 1.165) is 5.57 Å². The largest absolute Gasteiger partial charge is 0.455 e. The van der Waals surface area contributed by atoms with Crippen molar-refractivity contribution >= 4 is 11.9 Å². The molecule has 7 heteroatoms. The van der Waals surface area contributed by atoms with Crippen molar-refractivity contribution in [1.82, 2.24) is 0 Å². The first kappa shape index (κ1) is 20.5. The Labute approximate surface area is 164 Å². The molecule has 0 saturated carbocycles. The van der Waals surface area contributed by atoms with Gasteiger partial charge in [-0.3, -0.25) is 0 Å². The van der Waals surface area contributed by atoms with E-state index in [-0.39, 0.29) is 12.2 Å². The van der Waals surface area contributed by atoms with Crippen LogP contribution in [-0.2, 0) is 28.5 Å². The lowest BCUT2D eigenvalue weighted by Crippen LogP contribution is -2.46. The summed E-state index contributed by atoms with van der Waals surface area (Å²) in [6, 6.07) is 0. The van der Waals surface area contributed by atoms with Gasteiger partial charge in [-0.25, -0.2) is 9.59 Å². The van der Waals surface area contributed by atoms with Gasteiger partial charge in [-0.2, -0.15) is 0 Å². The Morgan fingerprint density at radius 1 is 1.43 bits per heavy atom. The third-order valence-electron chi connectivity index (χ3n) is 5.45.